The van der Waals surface area contributed by atoms with Crippen LogP contribution in [0, 0.1) is 0 Å². The maximum atomic E-state index is 12.6. The number of aryl methyl sites for hydroxylation is 1. The fraction of sp³-hybridized carbons (Fsp3) is 0.526. The summed E-state index contributed by atoms with van der Waals surface area (Å²) in [5.74, 6) is 2.66. The monoisotopic (exact) mass is 357 g/mol. The molecule has 1 aliphatic rings. The van der Waals surface area contributed by atoms with E-state index in [2.05, 4.69) is 20.1 Å². The zero-order valence-electron chi connectivity index (χ0n) is 15.6. The normalized spacial score (nSPS) is 13.6. The first-order valence-electron chi connectivity index (χ1n) is 9.42. The smallest absolute Gasteiger partial charge is 0.322 e. The summed E-state index contributed by atoms with van der Waals surface area (Å²) < 4.78 is 7.67. The van der Waals surface area contributed by atoms with Gasteiger partial charge in [-0.3, -0.25) is 4.90 Å². The van der Waals surface area contributed by atoms with Crippen LogP contribution in [0.15, 0.2) is 24.3 Å². The molecule has 0 spiro atoms. The summed E-state index contributed by atoms with van der Waals surface area (Å²) in [6.45, 7) is 6.37. The third-order valence-corrected chi connectivity index (χ3v) is 4.52. The van der Waals surface area contributed by atoms with Gasteiger partial charge in [-0.05, 0) is 51.0 Å². The van der Waals surface area contributed by atoms with Crippen LogP contribution >= 0.6 is 0 Å². The largest absolute Gasteiger partial charge is 0.494 e. The summed E-state index contributed by atoms with van der Waals surface area (Å²) in [6.07, 6.45) is 4.44. The van der Waals surface area contributed by atoms with E-state index in [1.807, 2.05) is 38.1 Å². The molecule has 26 heavy (non-hydrogen) atoms. The van der Waals surface area contributed by atoms with E-state index in [9.17, 15) is 4.79 Å². The topological polar surface area (TPSA) is 72.3 Å². The van der Waals surface area contributed by atoms with Crippen LogP contribution in [-0.2, 0) is 19.5 Å². The molecule has 0 saturated heterocycles. The Labute approximate surface area is 154 Å². The van der Waals surface area contributed by atoms with Gasteiger partial charge in [0.25, 0.3) is 0 Å². The zero-order valence-corrected chi connectivity index (χ0v) is 15.6. The lowest BCUT2D eigenvalue weighted by molar-refractivity contribution is 0.246. The van der Waals surface area contributed by atoms with Crippen LogP contribution in [-0.4, -0.2) is 33.9 Å². The van der Waals surface area contributed by atoms with Gasteiger partial charge in [-0.15, -0.1) is 10.2 Å². The Balaban J connectivity index is 1.85. The molecule has 1 aliphatic heterocycles. The Morgan fingerprint density at radius 1 is 1.19 bits per heavy atom. The quantitative estimate of drug-likeness (QED) is 0.862. The van der Waals surface area contributed by atoms with Gasteiger partial charge in [-0.1, -0.05) is 6.42 Å². The Bertz CT molecular complexity index is 726. The van der Waals surface area contributed by atoms with E-state index < -0.39 is 0 Å². The highest BCUT2D eigenvalue weighted by atomic mass is 16.5. The molecule has 1 N–H and O–H groups in total. The molecular formula is C19H27N5O2. The van der Waals surface area contributed by atoms with Gasteiger partial charge < -0.3 is 14.6 Å². The van der Waals surface area contributed by atoms with Crippen molar-refractivity contribution in [1.29, 1.82) is 0 Å². The summed E-state index contributed by atoms with van der Waals surface area (Å²) in [7, 11) is 0. The maximum Gasteiger partial charge on any atom is 0.322 e. The number of ether oxygens (including phenoxy) is 1. The molecule has 0 bridgehead atoms. The lowest BCUT2D eigenvalue weighted by Gasteiger charge is -2.23. The molecule has 3 rings (SSSR count). The van der Waals surface area contributed by atoms with Crippen LogP contribution in [0.2, 0.25) is 0 Å². The van der Waals surface area contributed by atoms with Crippen LogP contribution in [0.25, 0.3) is 0 Å². The van der Waals surface area contributed by atoms with E-state index >= 15 is 0 Å². The van der Waals surface area contributed by atoms with Crippen molar-refractivity contribution >= 4 is 11.7 Å². The highest BCUT2D eigenvalue weighted by Crippen LogP contribution is 2.22. The van der Waals surface area contributed by atoms with Gasteiger partial charge in [-0.2, -0.15) is 0 Å². The molecule has 2 heterocycles. The molecule has 0 aliphatic carbocycles. The van der Waals surface area contributed by atoms with Gasteiger partial charge in [-0.25, -0.2) is 4.79 Å². The number of aromatic nitrogens is 3. The third kappa shape index (κ3) is 4.15. The predicted octanol–water partition coefficient (Wildman–Crippen LogP) is 3.14. The zero-order chi connectivity index (χ0) is 18.4. The highest BCUT2D eigenvalue weighted by Gasteiger charge is 2.21. The number of urea groups is 1. The van der Waals surface area contributed by atoms with Crippen LogP contribution < -0.4 is 15.0 Å². The van der Waals surface area contributed by atoms with E-state index in [1.54, 1.807) is 4.90 Å². The van der Waals surface area contributed by atoms with Crippen LogP contribution in [0.3, 0.4) is 0 Å². The molecule has 2 aromatic rings. The number of nitrogens with one attached hydrogen (secondary N) is 1. The van der Waals surface area contributed by atoms with E-state index in [1.165, 1.54) is 6.42 Å². The number of amides is 2. The first-order valence-corrected chi connectivity index (χ1v) is 9.42. The van der Waals surface area contributed by atoms with E-state index in [0.29, 0.717) is 19.7 Å². The van der Waals surface area contributed by atoms with Crippen molar-refractivity contribution in [3.05, 3.63) is 35.9 Å². The molecule has 0 radical (unpaired) electrons. The number of benzene rings is 1. The van der Waals surface area contributed by atoms with E-state index in [0.717, 1.165) is 48.9 Å². The summed E-state index contributed by atoms with van der Waals surface area (Å²) in [4.78, 5) is 14.4. The second kappa shape index (κ2) is 8.69. The molecule has 2 amide bonds. The molecule has 7 nitrogen and oxygen atoms in total. The molecule has 1 aromatic heterocycles. The summed E-state index contributed by atoms with van der Waals surface area (Å²) in [5.41, 5.74) is 0.811. The minimum absolute atomic E-state index is 0.136. The first-order chi connectivity index (χ1) is 12.7. The third-order valence-electron chi connectivity index (χ3n) is 4.52. The minimum atomic E-state index is -0.136. The number of hydrogen-bond acceptors (Lipinski definition) is 4. The molecule has 0 unspecified atom stereocenters. The standard InChI is InChI=1S/C19H27N5O2/c1-3-20-19(25)24(15-9-11-16(12-10-15)26-4-2)14-18-22-21-17-8-6-5-7-13-23(17)18/h9-12H,3-8,13-14H2,1-2H3,(H,20,25). The SMILES string of the molecule is CCNC(=O)N(Cc1nnc2n1CCCCC2)c1ccc(OCC)cc1. The van der Waals surface area contributed by atoms with E-state index in [-0.39, 0.29) is 6.03 Å². The van der Waals surface area contributed by atoms with Crippen LogP contribution in [0.5, 0.6) is 5.75 Å². The molecule has 0 fully saturated rings. The maximum absolute atomic E-state index is 12.6. The molecule has 7 heteroatoms. The number of carbonyl (C=O) groups is 1. The van der Waals surface area contributed by atoms with Crippen molar-refractivity contribution in [3.63, 3.8) is 0 Å². The van der Waals surface area contributed by atoms with E-state index in [4.69, 9.17) is 4.74 Å². The molecule has 0 saturated carbocycles. The second-order valence-electron chi connectivity index (χ2n) is 6.34. The fourth-order valence-electron chi connectivity index (χ4n) is 3.22. The molecule has 140 valence electrons. The van der Waals surface area contributed by atoms with Crippen molar-refractivity contribution in [2.24, 2.45) is 0 Å². The Hall–Kier alpha value is -2.57. The lowest BCUT2D eigenvalue weighted by Crippen LogP contribution is -2.40. The van der Waals surface area contributed by atoms with Crippen molar-refractivity contribution in [2.45, 2.75) is 52.6 Å². The number of carbonyl (C=O) groups excluding carboxylic acids is 1. The van der Waals surface area contributed by atoms with Crippen molar-refractivity contribution < 1.29 is 9.53 Å². The summed E-state index contributed by atoms with van der Waals surface area (Å²) >= 11 is 0. The fourth-order valence-corrected chi connectivity index (χ4v) is 3.22. The Kier molecular flexibility index (Phi) is 6.09. The average molecular weight is 357 g/mol. The Morgan fingerprint density at radius 3 is 2.73 bits per heavy atom. The summed E-state index contributed by atoms with van der Waals surface area (Å²) in [5, 5.41) is 11.6. The van der Waals surface area contributed by atoms with Crippen molar-refractivity contribution in [2.75, 3.05) is 18.1 Å². The minimum Gasteiger partial charge on any atom is -0.494 e. The molecule has 0 atom stereocenters. The number of hydrogen-bond donors (Lipinski definition) is 1. The van der Waals surface area contributed by atoms with Gasteiger partial charge in [0, 0.05) is 25.2 Å². The van der Waals surface area contributed by atoms with Gasteiger partial charge in [0.1, 0.15) is 11.6 Å². The summed E-state index contributed by atoms with van der Waals surface area (Å²) in [6, 6.07) is 7.44. The number of anilines is 1. The number of fused-ring (bicyclic) bond motifs is 1. The highest BCUT2D eigenvalue weighted by molar-refractivity contribution is 5.91. The lowest BCUT2D eigenvalue weighted by atomic mass is 10.2. The predicted molar refractivity (Wildman–Crippen MR) is 100 cm³/mol. The second-order valence-corrected chi connectivity index (χ2v) is 6.34. The van der Waals surface area contributed by atoms with Crippen LogP contribution in [0.4, 0.5) is 10.5 Å². The van der Waals surface area contributed by atoms with Crippen molar-refractivity contribution in [3.8, 4) is 5.75 Å². The average Bonchev–Trinajstić information content (AvgIpc) is 2.87. The Morgan fingerprint density at radius 2 is 2.00 bits per heavy atom. The van der Waals surface area contributed by atoms with Gasteiger partial charge in [0.15, 0.2) is 5.82 Å². The molecular weight excluding hydrogens is 330 g/mol. The van der Waals surface area contributed by atoms with Gasteiger partial charge >= 0.3 is 6.03 Å². The van der Waals surface area contributed by atoms with Crippen molar-refractivity contribution in [1.82, 2.24) is 20.1 Å². The van der Waals surface area contributed by atoms with Gasteiger partial charge in [0.05, 0.1) is 13.2 Å². The van der Waals surface area contributed by atoms with Gasteiger partial charge in [0.2, 0.25) is 0 Å². The first kappa shape index (κ1) is 18.2. The number of nitrogens with zero attached hydrogens (tertiary/aromatic N) is 4. The number of rotatable bonds is 6. The molecule has 1 aromatic carbocycles. The van der Waals surface area contributed by atoms with Crippen LogP contribution in [0.1, 0.15) is 44.8 Å².